The number of hydrogen-bond donors (Lipinski definition) is 1. The Morgan fingerprint density at radius 2 is 2.11 bits per heavy atom. The normalized spacial score (nSPS) is 11.1. The van der Waals surface area contributed by atoms with E-state index in [0.29, 0.717) is 24.2 Å². The molecule has 1 rings (SSSR count). The van der Waals surface area contributed by atoms with Crippen molar-refractivity contribution in [2.45, 2.75) is 12.6 Å². The van der Waals surface area contributed by atoms with Crippen molar-refractivity contribution >= 4 is 21.6 Å². The highest BCUT2D eigenvalue weighted by molar-refractivity contribution is 9.10. The van der Waals surface area contributed by atoms with E-state index < -0.39 is 12.8 Å². The number of nitrogens with one attached hydrogen (secondary N) is 1. The fourth-order valence-corrected chi connectivity index (χ4v) is 1.71. The molecule has 19 heavy (non-hydrogen) atoms. The molecule has 0 fully saturated rings. The minimum atomic E-state index is -4.29. The summed E-state index contributed by atoms with van der Waals surface area (Å²) in [5.41, 5.74) is 1.13. The number of ether oxygens (including phenoxy) is 1. The van der Waals surface area contributed by atoms with Gasteiger partial charge < -0.3 is 10.1 Å². The van der Waals surface area contributed by atoms with E-state index in [9.17, 15) is 13.2 Å². The van der Waals surface area contributed by atoms with Crippen molar-refractivity contribution < 1.29 is 17.9 Å². The van der Waals surface area contributed by atoms with Crippen molar-refractivity contribution in [2.75, 3.05) is 25.1 Å². The summed E-state index contributed by atoms with van der Waals surface area (Å²) in [6.07, 6.45) is -3.86. The van der Waals surface area contributed by atoms with Crippen LogP contribution in [-0.4, -0.2) is 25.9 Å². The Balaban J connectivity index is 2.30. The molecule has 0 atom stereocenters. The van der Waals surface area contributed by atoms with Gasteiger partial charge in [0.1, 0.15) is 12.7 Å². The Hall–Kier alpha value is -1.26. The van der Waals surface area contributed by atoms with Crippen LogP contribution in [0.4, 0.5) is 18.9 Å². The van der Waals surface area contributed by atoms with Crippen LogP contribution >= 0.6 is 15.9 Å². The van der Waals surface area contributed by atoms with E-state index >= 15 is 0 Å². The SMILES string of the molecule is N#Cc1ccc(Br)cc1NCCCOCC(F)(F)F. The van der Waals surface area contributed by atoms with Gasteiger partial charge in [-0.15, -0.1) is 0 Å². The first-order chi connectivity index (χ1) is 8.92. The average Bonchev–Trinajstić information content (AvgIpc) is 2.32. The minimum Gasteiger partial charge on any atom is -0.384 e. The Kier molecular flexibility index (Phi) is 6.12. The highest BCUT2D eigenvalue weighted by Crippen LogP contribution is 2.20. The van der Waals surface area contributed by atoms with E-state index in [1.807, 2.05) is 6.07 Å². The predicted molar refractivity (Wildman–Crippen MR) is 68.8 cm³/mol. The summed E-state index contributed by atoms with van der Waals surface area (Å²) < 4.78 is 40.7. The van der Waals surface area contributed by atoms with Crippen LogP contribution in [0.1, 0.15) is 12.0 Å². The van der Waals surface area contributed by atoms with Crippen molar-refractivity contribution in [3.63, 3.8) is 0 Å². The summed E-state index contributed by atoms with van der Waals surface area (Å²) in [4.78, 5) is 0. The van der Waals surface area contributed by atoms with Crippen LogP contribution in [0.5, 0.6) is 0 Å². The molecular weight excluding hydrogens is 325 g/mol. The van der Waals surface area contributed by atoms with E-state index in [0.717, 1.165) is 4.47 Å². The van der Waals surface area contributed by atoms with Crippen LogP contribution in [-0.2, 0) is 4.74 Å². The van der Waals surface area contributed by atoms with Crippen LogP contribution in [0.15, 0.2) is 22.7 Å². The van der Waals surface area contributed by atoms with Gasteiger partial charge in [-0.2, -0.15) is 18.4 Å². The molecule has 0 aliphatic rings. The van der Waals surface area contributed by atoms with Gasteiger partial charge in [0.2, 0.25) is 0 Å². The maximum absolute atomic E-state index is 11.8. The first kappa shape index (κ1) is 15.8. The second kappa shape index (κ2) is 7.36. The van der Waals surface area contributed by atoms with Crippen molar-refractivity contribution in [3.8, 4) is 6.07 Å². The van der Waals surface area contributed by atoms with Gasteiger partial charge in [0, 0.05) is 17.6 Å². The van der Waals surface area contributed by atoms with E-state index in [1.165, 1.54) is 0 Å². The molecule has 1 aromatic rings. The maximum Gasteiger partial charge on any atom is 0.411 e. The topological polar surface area (TPSA) is 45.0 Å². The summed E-state index contributed by atoms with van der Waals surface area (Å²) in [5.74, 6) is 0. The third-order valence-corrected chi connectivity index (χ3v) is 2.64. The second-order valence-corrected chi connectivity index (χ2v) is 4.67. The lowest BCUT2D eigenvalue weighted by atomic mass is 10.2. The van der Waals surface area contributed by atoms with Gasteiger partial charge in [0.25, 0.3) is 0 Å². The first-order valence-corrected chi connectivity index (χ1v) is 6.30. The molecule has 0 amide bonds. The van der Waals surface area contributed by atoms with E-state index in [2.05, 4.69) is 26.0 Å². The Morgan fingerprint density at radius 3 is 2.74 bits per heavy atom. The molecule has 7 heteroatoms. The molecule has 0 heterocycles. The number of benzene rings is 1. The molecule has 0 bridgehead atoms. The monoisotopic (exact) mass is 336 g/mol. The molecule has 1 aromatic carbocycles. The number of anilines is 1. The highest BCUT2D eigenvalue weighted by Gasteiger charge is 2.27. The molecular formula is C12H12BrF3N2O. The molecule has 0 spiro atoms. The fourth-order valence-electron chi connectivity index (χ4n) is 1.35. The van der Waals surface area contributed by atoms with Crippen molar-refractivity contribution in [3.05, 3.63) is 28.2 Å². The van der Waals surface area contributed by atoms with Gasteiger partial charge in [-0.05, 0) is 24.6 Å². The summed E-state index contributed by atoms with van der Waals surface area (Å²) in [5, 5.41) is 11.9. The molecule has 0 radical (unpaired) electrons. The van der Waals surface area contributed by atoms with Crippen molar-refractivity contribution in [2.24, 2.45) is 0 Å². The number of nitrogens with zero attached hydrogens (tertiary/aromatic N) is 1. The van der Waals surface area contributed by atoms with Gasteiger partial charge in [-0.25, -0.2) is 0 Å². The highest BCUT2D eigenvalue weighted by atomic mass is 79.9. The number of halogens is 4. The molecule has 0 saturated carbocycles. The number of nitriles is 1. The zero-order valence-electron chi connectivity index (χ0n) is 9.93. The van der Waals surface area contributed by atoms with Gasteiger partial charge in [0.15, 0.2) is 0 Å². The lowest BCUT2D eigenvalue weighted by Gasteiger charge is -2.10. The first-order valence-electron chi connectivity index (χ1n) is 5.50. The van der Waals surface area contributed by atoms with Crippen LogP contribution in [0, 0.1) is 11.3 Å². The van der Waals surface area contributed by atoms with Gasteiger partial charge in [-0.1, -0.05) is 15.9 Å². The zero-order chi connectivity index (χ0) is 14.3. The Bertz CT molecular complexity index is 457. The fraction of sp³-hybridized carbons (Fsp3) is 0.417. The van der Waals surface area contributed by atoms with Crippen LogP contribution < -0.4 is 5.32 Å². The standard InChI is InChI=1S/C12H12BrF3N2O/c13-10-3-2-9(7-17)11(6-10)18-4-1-5-19-8-12(14,15)16/h2-3,6,18H,1,4-5,8H2. The van der Waals surface area contributed by atoms with E-state index in [1.54, 1.807) is 18.2 Å². The second-order valence-electron chi connectivity index (χ2n) is 3.75. The summed E-state index contributed by atoms with van der Waals surface area (Å²) in [7, 11) is 0. The molecule has 0 aliphatic heterocycles. The summed E-state index contributed by atoms with van der Waals surface area (Å²) >= 11 is 3.28. The lowest BCUT2D eigenvalue weighted by molar-refractivity contribution is -0.173. The zero-order valence-corrected chi connectivity index (χ0v) is 11.5. The number of hydrogen-bond acceptors (Lipinski definition) is 3. The maximum atomic E-state index is 11.8. The Morgan fingerprint density at radius 1 is 1.37 bits per heavy atom. The van der Waals surface area contributed by atoms with Crippen LogP contribution in [0.2, 0.25) is 0 Å². The van der Waals surface area contributed by atoms with Gasteiger partial charge in [-0.3, -0.25) is 0 Å². The largest absolute Gasteiger partial charge is 0.411 e. The van der Waals surface area contributed by atoms with Crippen LogP contribution in [0.25, 0.3) is 0 Å². The average molecular weight is 337 g/mol. The molecule has 0 unspecified atom stereocenters. The predicted octanol–water partition coefficient (Wildman–Crippen LogP) is 3.70. The summed E-state index contributed by atoms with van der Waals surface area (Å²) in [6.45, 7) is -0.779. The minimum absolute atomic E-state index is 0.0163. The number of alkyl halides is 3. The quantitative estimate of drug-likeness (QED) is 0.805. The molecule has 0 saturated heterocycles. The third-order valence-electron chi connectivity index (χ3n) is 2.15. The molecule has 3 nitrogen and oxygen atoms in total. The molecule has 1 N–H and O–H groups in total. The van der Waals surface area contributed by atoms with Crippen molar-refractivity contribution in [1.29, 1.82) is 5.26 Å². The number of rotatable bonds is 6. The molecule has 0 aliphatic carbocycles. The van der Waals surface area contributed by atoms with Crippen LogP contribution in [0.3, 0.4) is 0 Å². The van der Waals surface area contributed by atoms with E-state index in [-0.39, 0.29) is 6.61 Å². The van der Waals surface area contributed by atoms with E-state index in [4.69, 9.17) is 5.26 Å². The van der Waals surface area contributed by atoms with Crippen molar-refractivity contribution in [1.82, 2.24) is 0 Å². The smallest absolute Gasteiger partial charge is 0.384 e. The molecule has 104 valence electrons. The lowest BCUT2D eigenvalue weighted by Crippen LogP contribution is -2.18. The summed E-state index contributed by atoms with van der Waals surface area (Å²) in [6, 6.07) is 7.18. The van der Waals surface area contributed by atoms with Gasteiger partial charge in [0.05, 0.1) is 11.3 Å². The third kappa shape index (κ3) is 6.45. The van der Waals surface area contributed by atoms with Gasteiger partial charge >= 0.3 is 6.18 Å². The Labute approximate surface area is 117 Å². The molecule has 0 aromatic heterocycles.